The lowest BCUT2D eigenvalue weighted by molar-refractivity contribution is -0.0956. The smallest absolute Gasteiger partial charge is 0.310 e. The van der Waals surface area contributed by atoms with Gasteiger partial charge in [0, 0.05) is 11.6 Å². The van der Waals surface area contributed by atoms with Crippen molar-refractivity contribution in [2.45, 2.75) is 26.1 Å². The summed E-state index contributed by atoms with van der Waals surface area (Å²) in [4.78, 5) is 0. The third kappa shape index (κ3) is 3.41. The number of hydrogen-bond donors (Lipinski definition) is 1. The highest BCUT2D eigenvalue weighted by Crippen LogP contribution is 2.26. The summed E-state index contributed by atoms with van der Waals surface area (Å²) in [6.45, 7) is 6.66. The van der Waals surface area contributed by atoms with Gasteiger partial charge in [-0.15, -0.1) is 0 Å². The summed E-state index contributed by atoms with van der Waals surface area (Å²) in [5.74, 6) is 0. The molecule has 11 heavy (non-hydrogen) atoms. The fraction of sp³-hybridized carbons (Fsp3) is 0.714. The molecule has 1 unspecified atom stereocenters. The van der Waals surface area contributed by atoms with Gasteiger partial charge < -0.3 is 5.32 Å². The van der Waals surface area contributed by atoms with E-state index in [-0.39, 0.29) is 0 Å². The first-order chi connectivity index (χ1) is 4.89. The molecule has 0 saturated heterocycles. The van der Waals surface area contributed by atoms with Crippen molar-refractivity contribution in [3.8, 4) is 0 Å². The fourth-order valence-electron chi connectivity index (χ4n) is 0.675. The van der Waals surface area contributed by atoms with Crippen LogP contribution in [0.5, 0.6) is 0 Å². The van der Waals surface area contributed by atoms with Crippen molar-refractivity contribution in [1.29, 1.82) is 0 Å². The average molecular weight is 167 g/mol. The van der Waals surface area contributed by atoms with Gasteiger partial charge in [0.05, 0.1) is 0 Å². The van der Waals surface area contributed by atoms with Crippen LogP contribution in [0.2, 0.25) is 0 Å². The molecule has 4 heteroatoms. The second-order valence-corrected chi connectivity index (χ2v) is 2.30. The summed E-state index contributed by atoms with van der Waals surface area (Å²) < 4.78 is 35.7. The van der Waals surface area contributed by atoms with E-state index in [4.69, 9.17) is 0 Å². The van der Waals surface area contributed by atoms with Crippen molar-refractivity contribution in [3.63, 3.8) is 0 Å². The van der Waals surface area contributed by atoms with Crippen LogP contribution in [0.25, 0.3) is 0 Å². The molecule has 1 N–H and O–H groups in total. The highest BCUT2D eigenvalue weighted by Gasteiger charge is 2.34. The predicted octanol–water partition coefficient (Wildman–Crippen LogP) is 2.10. The molecule has 0 aromatic rings. The van der Waals surface area contributed by atoms with Gasteiger partial charge in [0.1, 0.15) is 0 Å². The van der Waals surface area contributed by atoms with Crippen LogP contribution in [0.1, 0.15) is 13.8 Å². The maximum atomic E-state index is 11.9. The van der Waals surface area contributed by atoms with Crippen molar-refractivity contribution in [2.24, 2.45) is 0 Å². The molecule has 0 heterocycles. The number of hydrogen-bond acceptors (Lipinski definition) is 1. The minimum atomic E-state index is -4.28. The summed E-state index contributed by atoms with van der Waals surface area (Å²) in [5, 5.41) is 2.63. The minimum Gasteiger partial charge on any atom is -0.310 e. The molecule has 0 aliphatic carbocycles. The average Bonchev–Trinajstić information content (AvgIpc) is 1.85. The van der Waals surface area contributed by atoms with Gasteiger partial charge in [-0.3, -0.25) is 0 Å². The molecule has 0 amide bonds. The fourth-order valence-corrected chi connectivity index (χ4v) is 0.675. The van der Waals surface area contributed by atoms with E-state index in [9.17, 15) is 13.2 Å². The van der Waals surface area contributed by atoms with E-state index >= 15 is 0 Å². The van der Waals surface area contributed by atoms with Crippen molar-refractivity contribution < 1.29 is 13.2 Å². The summed E-state index contributed by atoms with van der Waals surface area (Å²) >= 11 is 0. The molecule has 0 aromatic carbocycles. The van der Waals surface area contributed by atoms with Crippen molar-refractivity contribution in [1.82, 2.24) is 5.32 Å². The molecule has 66 valence electrons. The third-order valence-electron chi connectivity index (χ3n) is 1.40. The van der Waals surface area contributed by atoms with Crippen LogP contribution in [0.3, 0.4) is 0 Å². The first-order valence-corrected chi connectivity index (χ1v) is 3.39. The van der Waals surface area contributed by atoms with Crippen LogP contribution in [-0.4, -0.2) is 18.8 Å². The van der Waals surface area contributed by atoms with Gasteiger partial charge >= 0.3 is 6.18 Å². The Balaban J connectivity index is 4.03. The first kappa shape index (κ1) is 10.5. The molecule has 0 rings (SSSR count). The Kier molecular flexibility index (Phi) is 3.58. The SMILES string of the molecule is C=C(C(C)NCC)C(F)(F)F. The highest BCUT2D eigenvalue weighted by molar-refractivity contribution is 5.10. The Morgan fingerprint density at radius 1 is 1.55 bits per heavy atom. The zero-order valence-corrected chi connectivity index (χ0v) is 6.63. The molecule has 0 aromatic heterocycles. The van der Waals surface area contributed by atoms with E-state index < -0.39 is 17.8 Å². The molecule has 0 radical (unpaired) electrons. The molecule has 0 aliphatic heterocycles. The van der Waals surface area contributed by atoms with Crippen molar-refractivity contribution in [3.05, 3.63) is 12.2 Å². The van der Waals surface area contributed by atoms with Crippen LogP contribution < -0.4 is 5.32 Å². The van der Waals surface area contributed by atoms with Crippen LogP contribution >= 0.6 is 0 Å². The normalized spacial score (nSPS) is 14.6. The predicted molar refractivity (Wildman–Crippen MR) is 38.3 cm³/mol. The lowest BCUT2D eigenvalue weighted by atomic mass is 10.1. The maximum Gasteiger partial charge on any atom is 0.413 e. The topological polar surface area (TPSA) is 12.0 Å². The van der Waals surface area contributed by atoms with Gasteiger partial charge in [0.2, 0.25) is 0 Å². The van der Waals surface area contributed by atoms with E-state index in [0.29, 0.717) is 6.54 Å². The number of alkyl halides is 3. The standard InChI is InChI=1S/C7H12F3N/c1-4-11-6(3)5(2)7(8,9)10/h6,11H,2,4H2,1,3H3. The number of nitrogens with one attached hydrogen (secondary N) is 1. The third-order valence-corrected chi connectivity index (χ3v) is 1.40. The molecule has 0 bridgehead atoms. The largest absolute Gasteiger partial charge is 0.413 e. The molecule has 0 aliphatic rings. The van der Waals surface area contributed by atoms with Gasteiger partial charge in [-0.1, -0.05) is 13.5 Å². The van der Waals surface area contributed by atoms with Crippen LogP contribution in [0.15, 0.2) is 12.2 Å². The molecule has 0 saturated carbocycles. The van der Waals surface area contributed by atoms with Crippen molar-refractivity contribution >= 4 is 0 Å². The Labute approximate surface area is 64.3 Å². The zero-order valence-electron chi connectivity index (χ0n) is 6.63. The Morgan fingerprint density at radius 2 is 2.00 bits per heavy atom. The van der Waals surface area contributed by atoms with Gasteiger partial charge in [-0.2, -0.15) is 13.2 Å². The summed E-state index contributed by atoms with van der Waals surface area (Å²) in [7, 11) is 0. The lowest BCUT2D eigenvalue weighted by Crippen LogP contribution is -2.33. The van der Waals surface area contributed by atoms with E-state index in [1.807, 2.05) is 0 Å². The van der Waals surface area contributed by atoms with E-state index in [1.54, 1.807) is 6.92 Å². The van der Waals surface area contributed by atoms with Gasteiger partial charge in [0.15, 0.2) is 0 Å². The summed E-state index contributed by atoms with van der Waals surface area (Å²) in [6, 6.07) is -0.694. The van der Waals surface area contributed by atoms with E-state index in [2.05, 4.69) is 11.9 Å². The number of halogens is 3. The number of rotatable bonds is 3. The summed E-state index contributed by atoms with van der Waals surface area (Å²) in [5.41, 5.74) is -0.723. The Hall–Kier alpha value is -0.510. The van der Waals surface area contributed by atoms with Gasteiger partial charge in [-0.05, 0) is 13.5 Å². The molecule has 0 fully saturated rings. The van der Waals surface area contributed by atoms with Crippen molar-refractivity contribution in [2.75, 3.05) is 6.54 Å². The van der Waals surface area contributed by atoms with E-state index in [0.717, 1.165) is 0 Å². The van der Waals surface area contributed by atoms with Crippen LogP contribution in [0.4, 0.5) is 13.2 Å². The molecular weight excluding hydrogens is 155 g/mol. The Bertz CT molecular complexity index is 139. The highest BCUT2D eigenvalue weighted by atomic mass is 19.4. The van der Waals surface area contributed by atoms with Gasteiger partial charge in [-0.25, -0.2) is 0 Å². The van der Waals surface area contributed by atoms with Crippen LogP contribution in [-0.2, 0) is 0 Å². The van der Waals surface area contributed by atoms with Crippen LogP contribution in [0, 0.1) is 0 Å². The molecule has 1 atom stereocenters. The number of likely N-dealkylation sites (N-methyl/N-ethyl adjacent to an activating group) is 1. The minimum absolute atomic E-state index is 0.510. The summed E-state index contributed by atoms with van der Waals surface area (Å²) in [6.07, 6.45) is -4.28. The van der Waals surface area contributed by atoms with E-state index in [1.165, 1.54) is 6.92 Å². The quantitative estimate of drug-likeness (QED) is 0.635. The zero-order chi connectivity index (χ0) is 9.07. The first-order valence-electron chi connectivity index (χ1n) is 3.39. The van der Waals surface area contributed by atoms with Gasteiger partial charge in [0.25, 0.3) is 0 Å². The Morgan fingerprint density at radius 3 is 2.27 bits per heavy atom. The molecular formula is C7H12F3N. The molecule has 1 nitrogen and oxygen atoms in total. The maximum absolute atomic E-state index is 11.9. The second kappa shape index (κ2) is 3.76. The monoisotopic (exact) mass is 167 g/mol. The molecule has 0 spiro atoms. The lowest BCUT2D eigenvalue weighted by Gasteiger charge is -2.17. The second-order valence-electron chi connectivity index (χ2n) is 2.30.